The Balaban J connectivity index is 1.91. The fraction of sp³-hybridized carbons (Fsp3) is 0.611. The van der Waals surface area contributed by atoms with Gasteiger partial charge in [0.05, 0.1) is 6.04 Å². The summed E-state index contributed by atoms with van der Waals surface area (Å²) in [6, 6.07) is 3.76. The van der Waals surface area contributed by atoms with E-state index in [1.54, 1.807) is 4.52 Å². The highest BCUT2D eigenvalue weighted by Gasteiger charge is 2.36. The van der Waals surface area contributed by atoms with Crippen molar-refractivity contribution in [3.63, 3.8) is 0 Å². The van der Waals surface area contributed by atoms with Crippen molar-refractivity contribution in [3.05, 3.63) is 21.9 Å². The molecule has 2 aromatic heterocycles. The summed E-state index contributed by atoms with van der Waals surface area (Å²) in [5.74, 6) is 0.866. The van der Waals surface area contributed by atoms with Gasteiger partial charge in [0.1, 0.15) is 21.2 Å². The number of carbonyl (C=O) groups excluding carboxylic acids is 1. The van der Waals surface area contributed by atoms with Gasteiger partial charge in [-0.3, -0.25) is 0 Å². The third kappa shape index (κ3) is 4.32. The molecule has 0 unspecified atom stereocenters. The Hall–Kier alpha value is -1.54. The van der Waals surface area contributed by atoms with E-state index in [0.29, 0.717) is 28.5 Å². The Morgan fingerprint density at radius 3 is 2.70 bits per heavy atom. The van der Waals surface area contributed by atoms with Crippen LogP contribution in [-0.2, 0) is 4.74 Å². The number of rotatable bonds is 2. The van der Waals surface area contributed by atoms with Crippen molar-refractivity contribution in [2.24, 2.45) is 0 Å². The van der Waals surface area contributed by atoms with E-state index in [1.165, 1.54) is 0 Å². The smallest absolute Gasteiger partial charge is 0.410 e. The summed E-state index contributed by atoms with van der Waals surface area (Å²) < 4.78 is 8.08. The zero-order chi connectivity index (χ0) is 19.9. The molecule has 3 rings (SSSR count). The van der Waals surface area contributed by atoms with E-state index >= 15 is 0 Å². The Bertz CT molecular complexity index is 850. The van der Waals surface area contributed by atoms with Gasteiger partial charge in [0.2, 0.25) is 0 Å². The second-order valence-electron chi connectivity index (χ2n) is 7.87. The van der Waals surface area contributed by atoms with Crippen molar-refractivity contribution in [2.75, 3.05) is 18.0 Å². The van der Waals surface area contributed by atoms with E-state index in [4.69, 9.17) is 16.3 Å². The lowest BCUT2D eigenvalue weighted by Gasteiger charge is -2.46. The molecule has 148 valence electrons. The Kier molecular flexibility index (Phi) is 5.59. The maximum atomic E-state index is 12.7. The van der Waals surface area contributed by atoms with Crippen LogP contribution in [0.4, 0.5) is 10.6 Å². The Morgan fingerprint density at radius 1 is 1.37 bits per heavy atom. The standard InChI is InChI=1S/C18H25BrClN5O2/c1-6-12-10-23(11(2)9-24(12)17(26)27-18(3,4)5)16-8-14(20)21-15-7-13(19)22-25(15)16/h7-8,11-12H,6,9-10H2,1-5H3/t11-,12+/m0/s1. The molecule has 1 saturated heterocycles. The molecule has 0 N–H and O–H groups in total. The number of hydrogen-bond acceptors (Lipinski definition) is 5. The van der Waals surface area contributed by atoms with Gasteiger partial charge in [0, 0.05) is 31.3 Å². The van der Waals surface area contributed by atoms with Crippen molar-refractivity contribution >= 4 is 45.1 Å². The molecule has 0 radical (unpaired) electrons. The number of hydrogen-bond donors (Lipinski definition) is 0. The lowest BCUT2D eigenvalue weighted by molar-refractivity contribution is 0.0105. The lowest BCUT2D eigenvalue weighted by atomic mass is 10.1. The molecular formula is C18H25BrClN5O2. The summed E-state index contributed by atoms with van der Waals surface area (Å²) >= 11 is 9.64. The van der Waals surface area contributed by atoms with Gasteiger partial charge in [0.25, 0.3) is 0 Å². The van der Waals surface area contributed by atoms with Gasteiger partial charge in [-0.2, -0.15) is 9.61 Å². The van der Waals surface area contributed by atoms with Gasteiger partial charge >= 0.3 is 6.09 Å². The molecule has 2 aromatic rings. The summed E-state index contributed by atoms with van der Waals surface area (Å²) in [5.41, 5.74) is 0.168. The highest BCUT2D eigenvalue weighted by molar-refractivity contribution is 9.10. The first-order valence-corrected chi connectivity index (χ1v) is 10.2. The predicted molar refractivity (Wildman–Crippen MR) is 110 cm³/mol. The summed E-state index contributed by atoms with van der Waals surface area (Å²) in [5, 5.41) is 4.90. The molecule has 9 heteroatoms. The normalized spacial score (nSPS) is 21.0. The van der Waals surface area contributed by atoms with Crippen LogP contribution < -0.4 is 4.90 Å². The molecule has 2 atom stereocenters. The molecule has 0 bridgehead atoms. The monoisotopic (exact) mass is 457 g/mol. The van der Waals surface area contributed by atoms with Crippen molar-refractivity contribution in [2.45, 2.75) is 58.7 Å². The van der Waals surface area contributed by atoms with Crippen LogP contribution in [0.3, 0.4) is 0 Å². The van der Waals surface area contributed by atoms with Crippen LogP contribution in [-0.4, -0.2) is 56.4 Å². The van der Waals surface area contributed by atoms with Crippen molar-refractivity contribution in [1.82, 2.24) is 19.5 Å². The van der Waals surface area contributed by atoms with Crippen LogP contribution in [0.25, 0.3) is 5.65 Å². The number of nitrogens with zero attached hydrogens (tertiary/aromatic N) is 5. The predicted octanol–water partition coefficient (Wildman–Crippen LogP) is 4.37. The van der Waals surface area contributed by atoms with E-state index in [9.17, 15) is 4.79 Å². The second kappa shape index (κ2) is 7.47. The lowest BCUT2D eigenvalue weighted by Crippen LogP contribution is -2.60. The number of anilines is 1. The van der Waals surface area contributed by atoms with Crippen LogP contribution in [0, 0.1) is 0 Å². The van der Waals surface area contributed by atoms with Crippen LogP contribution in [0.15, 0.2) is 16.7 Å². The van der Waals surface area contributed by atoms with Crippen LogP contribution in [0.5, 0.6) is 0 Å². The van der Waals surface area contributed by atoms with Gasteiger partial charge in [0.15, 0.2) is 5.65 Å². The third-order valence-corrected chi connectivity index (χ3v) is 5.16. The average Bonchev–Trinajstić information content (AvgIpc) is 2.92. The number of fused-ring (bicyclic) bond motifs is 1. The summed E-state index contributed by atoms with van der Waals surface area (Å²) in [4.78, 5) is 21.1. The molecule has 0 aromatic carbocycles. The average molecular weight is 459 g/mol. The summed E-state index contributed by atoms with van der Waals surface area (Å²) in [7, 11) is 0. The fourth-order valence-corrected chi connectivity index (χ4v) is 3.90. The first-order valence-electron chi connectivity index (χ1n) is 9.07. The fourth-order valence-electron chi connectivity index (χ4n) is 3.36. The molecule has 0 spiro atoms. The first kappa shape index (κ1) is 20.2. The minimum absolute atomic E-state index is 0.0389. The Morgan fingerprint density at radius 2 is 2.07 bits per heavy atom. The van der Waals surface area contributed by atoms with E-state index in [2.05, 4.69) is 44.8 Å². The van der Waals surface area contributed by atoms with Gasteiger partial charge in [-0.05, 0) is 50.0 Å². The molecule has 1 aliphatic heterocycles. The van der Waals surface area contributed by atoms with E-state index in [0.717, 1.165) is 12.2 Å². The second-order valence-corrected chi connectivity index (χ2v) is 9.07. The number of amides is 1. The molecule has 7 nitrogen and oxygen atoms in total. The summed E-state index contributed by atoms with van der Waals surface area (Å²) in [6.45, 7) is 11.1. The van der Waals surface area contributed by atoms with E-state index in [1.807, 2.05) is 37.8 Å². The molecule has 0 saturated carbocycles. The first-order chi connectivity index (χ1) is 12.6. The van der Waals surface area contributed by atoms with Crippen LogP contribution >= 0.6 is 27.5 Å². The minimum atomic E-state index is -0.512. The molecule has 27 heavy (non-hydrogen) atoms. The van der Waals surface area contributed by atoms with Crippen molar-refractivity contribution in [3.8, 4) is 0 Å². The van der Waals surface area contributed by atoms with E-state index in [-0.39, 0.29) is 18.2 Å². The summed E-state index contributed by atoms with van der Waals surface area (Å²) in [6.07, 6.45) is 0.563. The van der Waals surface area contributed by atoms with Gasteiger partial charge < -0.3 is 14.5 Å². The highest BCUT2D eigenvalue weighted by Crippen LogP contribution is 2.29. The van der Waals surface area contributed by atoms with Crippen molar-refractivity contribution < 1.29 is 9.53 Å². The molecule has 1 aliphatic rings. The molecule has 1 amide bonds. The van der Waals surface area contributed by atoms with Gasteiger partial charge in [-0.25, -0.2) is 9.78 Å². The van der Waals surface area contributed by atoms with Gasteiger partial charge in [-0.15, -0.1) is 0 Å². The molecule has 1 fully saturated rings. The number of halogens is 2. The molecule has 3 heterocycles. The van der Waals surface area contributed by atoms with Crippen LogP contribution in [0.1, 0.15) is 41.0 Å². The highest BCUT2D eigenvalue weighted by atomic mass is 79.9. The zero-order valence-electron chi connectivity index (χ0n) is 16.2. The number of carbonyl (C=O) groups is 1. The number of aromatic nitrogens is 3. The minimum Gasteiger partial charge on any atom is -0.444 e. The van der Waals surface area contributed by atoms with Crippen LogP contribution in [0.2, 0.25) is 5.15 Å². The SMILES string of the molecule is CC[C@@H]1CN(c2cc(Cl)nc3cc(Br)nn23)[C@@H](C)CN1C(=O)OC(C)(C)C. The molecular weight excluding hydrogens is 434 g/mol. The largest absolute Gasteiger partial charge is 0.444 e. The Labute approximate surface area is 172 Å². The zero-order valence-corrected chi connectivity index (χ0v) is 18.6. The van der Waals surface area contributed by atoms with Crippen molar-refractivity contribution in [1.29, 1.82) is 0 Å². The molecule has 0 aliphatic carbocycles. The quantitative estimate of drug-likeness (QED) is 0.625. The van der Waals surface area contributed by atoms with Gasteiger partial charge in [-0.1, -0.05) is 18.5 Å². The van der Waals surface area contributed by atoms with E-state index < -0.39 is 5.60 Å². The number of ether oxygens (including phenoxy) is 1. The maximum absolute atomic E-state index is 12.7. The maximum Gasteiger partial charge on any atom is 0.410 e. The number of piperazine rings is 1. The topological polar surface area (TPSA) is 63.0 Å². The third-order valence-electron chi connectivity index (χ3n) is 4.58.